The first-order valence-corrected chi connectivity index (χ1v) is 6.35. The number of benzene rings is 1. The van der Waals surface area contributed by atoms with Crippen molar-refractivity contribution in [1.29, 1.82) is 0 Å². The van der Waals surface area contributed by atoms with Crippen molar-refractivity contribution in [2.45, 2.75) is 6.92 Å². The first-order chi connectivity index (χ1) is 8.11. The van der Waals surface area contributed by atoms with E-state index >= 15 is 0 Å². The van der Waals surface area contributed by atoms with E-state index in [1.807, 2.05) is 6.92 Å². The Morgan fingerprint density at radius 2 is 2.29 bits per heavy atom. The van der Waals surface area contributed by atoms with E-state index in [9.17, 15) is 9.18 Å². The third-order valence-corrected chi connectivity index (χ3v) is 3.71. The van der Waals surface area contributed by atoms with Crippen LogP contribution in [0, 0.1) is 5.82 Å². The van der Waals surface area contributed by atoms with E-state index in [-0.39, 0.29) is 11.7 Å². The minimum Gasteiger partial charge on any atom is -0.293 e. The van der Waals surface area contributed by atoms with Crippen LogP contribution in [0.15, 0.2) is 29.2 Å². The van der Waals surface area contributed by atoms with Crippen molar-refractivity contribution in [3.8, 4) is 0 Å². The van der Waals surface area contributed by atoms with Gasteiger partial charge in [-0.15, -0.1) is 0 Å². The Kier molecular flexibility index (Phi) is 3.59. The van der Waals surface area contributed by atoms with Crippen LogP contribution in [0.3, 0.4) is 0 Å². The molecule has 1 aliphatic rings. The molecule has 0 atom stereocenters. The third kappa shape index (κ3) is 2.56. The number of rotatable bonds is 2. The highest BCUT2D eigenvalue weighted by Gasteiger charge is 2.30. The molecule has 1 amide bonds. The number of nitrogens with zero attached hydrogens (tertiary/aromatic N) is 1. The van der Waals surface area contributed by atoms with Crippen molar-refractivity contribution >= 4 is 40.3 Å². The van der Waals surface area contributed by atoms with Crippen molar-refractivity contribution < 1.29 is 9.18 Å². The van der Waals surface area contributed by atoms with Crippen LogP contribution in [0.25, 0.3) is 6.08 Å². The molecule has 0 aromatic heterocycles. The van der Waals surface area contributed by atoms with E-state index in [0.29, 0.717) is 21.3 Å². The van der Waals surface area contributed by atoms with Crippen molar-refractivity contribution in [3.63, 3.8) is 0 Å². The Morgan fingerprint density at radius 3 is 2.88 bits per heavy atom. The number of carbonyl (C=O) groups excluding carboxylic acids is 1. The monoisotopic (exact) mass is 267 g/mol. The molecule has 2 rings (SSSR count). The lowest BCUT2D eigenvalue weighted by molar-refractivity contribution is -0.121. The fourth-order valence-corrected chi connectivity index (χ4v) is 2.90. The van der Waals surface area contributed by atoms with Crippen molar-refractivity contribution in [3.05, 3.63) is 40.6 Å². The predicted octanol–water partition coefficient (Wildman–Crippen LogP) is 3.05. The van der Waals surface area contributed by atoms with Gasteiger partial charge in [-0.05, 0) is 30.7 Å². The van der Waals surface area contributed by atoms with Crippen LogP contribution in [0.5, 0.6) is 0 Å². The van der Waals surface area contributed by atoms with E-state index in [1.165, 1.54) is 28.8 Å². The van der Waals surface area contributed by atoms with Crippen LogP contribution >= 0.6 is 24.0 Å². The maximum atomic E-state index is 13.0. The van der Waals surface area contributed by atoms with Crippen LogP contribution in [-0.4, -0.2) is 21.7 Å². The minimum absolute atomic E-state index is 0.105. The van der Waals surface area contributed by atoms with Crippen LogP contribution in [0.4, 0.5) is 4.39 Å². The molecule has 0 spiro atoms. The fraction of sp³-hybridized carbons (Fsp3) is 0.167. The molecule has 1 aromatic rings. The standard InChI is InChI=1S/C12H10FNOS2/c1-2-14-11(15)10(17-12(14)16)7-8-4-3-5-9(13)6-8/h3-7H,2H2,1H3/b10-7+. The molecule has 1 aromatic carbocycles. The van der Waals surface area contributed by atoms with Crippen molar-refractivity contribution in [1.82, 2.24) is 4.90 Å². The van der Waals surface area contributed by atoms with Gasteiger partial charge in [0, 0.05) is 6.54 Å². The maximum absolute atomic E-state index is 13.0. The van der Waals surface area contributed by atoms with Gasteiger partial charge in [0.2, 0.25) is 0 Å². The zero-order valence-corrected chi connectivity index (χ0v) is 10.8. The molecule has 5 heteroatoms. The van der Waals surface area contributed by atoms with Gasteiger partial charge in [0.1, 0.15) is 10.1 Å². The second-order valence-electron chi connectivity index (χ2n) is 3.48. The summed E-state index contributed by atoms with van der Waals surface area (Å²) in [7, 11) is 0. The summed E-state index contributed by atoms with van der Waals surface area (Å²) in [6.45, 7) is 2.43. The van der Waals surface area contributed by atoms with E-state index in [2.05, 4.69) is 0 Å². The number of amides is 1. The highest BCUT2D eigenvalue weighted by atomic mass is 32.2. The van der Waals surface area contributed by atoms with Gasteiger partial charge in [0.25, 0.3) is 5.91 Å². The molecule has 1 saturated heterocycles. The number of thiocarbonyl (C=S) groups is 1. The van der Waals surface area contributed by atoms with Gasteiger partial charge in [0.15, 0.2) is 0 Å². The number of likely N-dealkylation sites (N-methyl/N-ethyl adjacent to an activating group) is 1. The highest BCUT2D eigenvalue weighted by molar-refractivity contribution is 8.26. The zero-order valence-electron chi connectivity index (χ0n) is 9.14. The molecular formula is C12H10FNOS2. The van der Waals surface area contributed by atoms with Crippen LogP contribution in [0.2, 0.25) is 0 Å². The SMILES string of the molecule is CCN1C(=O)/C(=C\c2cccc(F)c2)SC1=S. The Balaban J connectivity index is 2.30. The fourth-order valence-electron chi connectivity index (χ4n) is 1.52. The van der Waals surface area contributed by atoms with Gasteiger partial charge >= 0.3 is 0 Å². The van der Waals surface area contributed by atoms with Gasteiger partial charge in [-0.2, -0.15) is 0 Å². The maximum Gasteiger partial charge on any atom is 0.266 e. The Labute approximate surface area is 108 Å². The topological polar surface area (TPSA) is 20.3 Å². The van der Waals surface area contributed by atoms with Crippen LogP contribution in [-0.2, 0) is 4.79 Å². The molecule has 1 heterocycles. The number of hydrogen-bond acceptors (Lipinski definition) is 3. The lowest BCUT2D eigenvalue weighted by Crippen LogP contribution is -2.27. The normalized spacial score (nSPS) is 18.2. The summed E-state index contributed by atoms with van der Waals surface area (Å²) in [5, 5.41) is 0. The molecule has 0 N–H and O–H groups in total. The molecule has 2 nitrogen and oxygen atoms in total. The summed E-state index contributed by atoms with van der Waals surface area (Å²) in [6.07, 6.45) is 1.66. The molecule has 0 saturated carbocycles. The van der Waals surface area contributed by atoms with E-state index in [0.717, 1.165) is 0 Å². The number of hydrogen-bond donors (Lipinski definition) is 0. The quantitative estimate of drug-likeness (QED) is 0.607. The zero-order chi connectivity index (χ0) is 12.4. The lowest BCUT2D eigenvalue weighted by Gasteiger charge is -2.09. The van der Waals surface area contributed by atoms with Crippen molar-refractivity contribution in [2.24, 2.45) is 0 Å². The summed E-state index contributed by atoms with van der Waals surface area (Å²) in [5.41, 5.74) is 0.668. The number of carbonyl (C=O) groups is 1. The molecule has 0 aliphatic carbocycles. The molecule has 0 radical (unpaired) electrons. The first kappa shape index (κ1) is 12.3. The molecule has 1 fully saturated rings. The third-order valence-electron chi connectivity index (χ3n) is 2.34. The molecule has 0 unspecified atom stereocenters. The largest absolute Gasteiger partial charge is 0.293 e. The Morgan fingerprint density at radius 1 is 1.53 bits per heavy atom. The second-order valence-corrected chi connectivity index (χ2v) is 5.16. The Bertz CT molecular complexity index is 513. The van der Waals surface area contributed by atoms with Crippen LogP contribution in [0.1, 0.15) is 12.5 Å². The number of thioether (sulfide) groups is 1. The van der Waals surface area contributed by atoms with E-state index in [1.54, 1.807) is 18.2 Å². The second kappa shape index (κ2) is 4.98. The minimum atomic E-state index is -0.315. The highest BCUT2D eigenvalue weighted by Crippen LogP contribution is 2.32. The molecule has 88 valence electrons. The van der Waals surface area contributed by atoms with Gasteiger partial charge in [-0.25, -0.2) is 4.39 Å². The van der Waals surface area contributed by atoms with E-state index in [4.69, 9.17) is 12.2 Å². The van der Waals surface area contributed by atoms with Gasteiger partial charge in [0.05, 0.1) is 4.91 Å². The smallest absolute Gasteiger partial charge is 0.266 e. The lowest BCUT2D eigenvalue weighted by atomic mass is 10.2. The molecule has 1 aliphatic heterocycles. The molecule has 0 bridgehead atoms. The van der Waals surface area contributed by atoms with Crippen molar-refractivity contribution in [2.75, 3.05) is 6.54 Å². The van der Waals surface area contributed by atoms with E-state index < -0.39 is 0 Å². The summed E-state index contributed by atoms with van der Waals surface area (Å²) in [6, 6.07) is 6.12. The average Bonchev–Trinajstić information content (AvgIpc) is 2.54. The summed E-state index contributed by atoms with van der Waals surface area (Å²) < 4.78 is 13.6. The Hall–Kier alpha value is -1.20. The van der Waals surface area contributed by atoms with Gasteiger partial charge in [-0.1, -0.05) is 36.1 Å². The summed E-state index contributed by atoms with van der Waals surface area (Å²) in [5.74, 6) is -0.420. The summed E-state index contributed by atoms with van der Waals surface area (Å²) in [4.78, 5) is 14.0. The predicted molar refractivity (Wildman–Crippen MR) is 72.0 cm³/mol. The summed E-state index contributed by atoms with van der Waals surface area (Å²) >= 11 is 6.34. The number of halogens is 1. The molecule has 17 heavy (non-hydrogen) atoms. The first-order valence-electron chi connectivity index (χ1n) is 5.12. The van der Waals surface area contributed by atoms with Gasteiger partial charge in [-0.3, -0.25) is 9.69 Å². The van der Waals surface area contributed by atoms with Gasteiger partial charge < -0.3 is 0 Å². The average molecular weight is 267 g/mol. The van der Waals surface area contributed by atoms with Crippen LogP contribution < -0.4 is 0 Å². The molecular weight excluding hydrogens is 257 g/mol.